The lowest BCUT2D eigenvalue weighted by molar-refractivity contribution is 0.102. The van der Waals surface area contributed by atoms with Crippen LogP contribution in [0.5, 0.6) is 11.5 Å². The van der Waals surface area contributed by atoms with E-state index in [9.17, 15) is 4.79 Å². The summed E-state index contributed by atoms with van der Waals surface area (Å²) in [6.07, 6.45) is 0. The molecule has 5 heteroatoms. The lowest BCUT2D eigenvalue weighted by Crippen LogP contribution is -2.13. The third-order valence-electron chi connectivity index (χ3n) is 3.15. The first-order valence-corrected chi connectivity index (χ1v) is 7.49. The molecule has 0 fully saturated rings. The summed E-state index contributed by atoms with van der Waals surface area (Å²) < 4.78 is 16.0. The zero-order valence-corrected chi connectivity index (χ0v) is 13.4. The first-order valence-electron chi connectivity index (χ1n) is 7.49. The Bertz CT molecular complexity index is 642. The molecule has 0 heterocycles. The van der Waals surface area contributed by atoms with Gasteiger partial charge in [-0.15, -0.1) is 0 Å². The number of amides is 1. The van der Waals surface area contributed by atoms with E-state index in [0.29, 0.717) is 42.6 Å². The Morgan fingerprint density at radius 1 is 1.09 bits per heavy atom. The molecule has 2 aromatic carbocycles. The monoisotopic (exact) mass is 315 g/mol. The van der Waals surface area contributed by atoms with Gasteiger partial charge in [0, 0.05) is 12.2 Å². The molecule has 0 aliphatic rings. The maximum absolute atomic E-state index is 12.4. The molecule has 0 saturated carbocycles. The van der Waals surface area contributed by atoms with Crippen molar-refractivity contribution in [1.29, 1.82) is 0 Å². The van der Waals surface area contributed by atoms with Crippen molar-refractivity contribution >= 4 is 11.6 Å². The molecule has 0 aliphatic carbocycles. The minimum Gasteiger partial charge on any atom is -0.495 e. The van der Waals surface area contributed by atoms with E-state index in [1.54, 1.807) is 37.4 Å². The fraction of sp³-hybridized carbons (Fsp3) is 0.278. The van der Waals surface area contributed by atoms with Crippen LogP contribution in [0.2, 0.25) is 0 Å². The SMILES string of the molecule is CCOCCOc1cccc(C(=O)Nc2ccccc2OC)c1. The summed E-state index contributed by atoms with van der Waals surface area (Å²) in [5, 5.41) is 2.84. The molecular weight excluding hydrogens is 294 g/mol. The van der Waals surface area contributed by atoms with Gasteiger partial charge in [0.25, 0.3) is 5.91 Å². The molecule has 2 aromatic rings. The number of anilines is 1. The van der Waals surface area contributed by atoms with Crippen molar-refractivity contribution in [2.45, 2.75) is 6.92 Å². The zero-order chi connectivity index (χ0) is 16.5. The number of para-hydroxylation sites is 2. The summed E-state index contributed by atoms with van der Waals surface area (Å²) in [6.45, 7) is 3.56. The van der Waals surface area contributed by atoms with E-state index in [1.807, 2.05) is 25.1 Å². The largest absolute Gasteiger partial charge is 0.495 e. The molecule has 0 atom stereocenters. The van der Waals surface area contributed by atoms with E-state index < -0.39 is 0 Å². The van der Waals surface area contributed by atoms with Gasteiger partial charge in [-0.3, -0.25) is 4.79 Å². The number of methoxy groups -OCH3 is 1. The molecule has 2 rings (SSSR count). The van der Waals surface area contributed by atoms with Crippen molar-refractivity contribution in [2.75, 3.05) is 32.2 Å². The predicted molar refractivity (Wildman–Crippen MR) is 89.4 cm³/mol. The minimum atomic E-state index is -0.218. The van der Waals surface area contributed by atoms with Crippen molar-refractivity contribution < 1.29 is 19.0 Å². The number of carbonyl (C=O) groups is 1. The maximum Gasteiger partial charge on any atom is 0.255 e. The summed E-state index contributed by atoms with van der Waals surface area (Å²) in [6, 6.07) is 14.3. The van der Waals surface area contributed by atoms with Crippen LogP contribution in [-0.2, 0) is 4.74 Å². The quantitative estimate of drug-likeness (QED) is 0.759. The van der Waals surface area contributed by atoms with Crippen molar-refractivity contribution in [2.24, 2.45) is 0 Å². The minimum absolute atomic E-state index is 0.218. The molecule has 23 heavy (non-hydrogen) atoms. The molecule has 0 aromatic heterocycles. The maximum atomic E-state index is 12.4. The molecule has 0 aliphatic heterocycles. The highest BCUT2D eigenvalue weighted by atomic mass is 16.5. The average molecular weight is 315 g/mol. The number of hydrogen-bond donors (Lipinski definition) is 1. The third-order valence-corrected chi connectivity index (χ3v) is 3.15. The molecule has 1 N–H and O–H groups in total. The Labute approximate surface area is 136 Å². The smallest absolute Gasteiger partial charge is 0.255 e. The predicted octanol–water partition coefficient (Wildman–Crippen LogP) is 3.36. The highest BCUT2D eigenvalue weighted by Crippen LogP contribution is 2.24. The highest BCUT2D eigenvalue weighted by Gasteiger charge is 2.10. The van der Waals surface area contributed by atoms with E-state index in [0.717, 1.165) is 0 Å². The van der Waals surface area contributed by atoms with Crippen LogP contribution in [0.1, 0.15) is 17.3 Å². The van der Waals surface area contributed by atoms with Crippen LogP contribution in [0.4, 0.5) is 5.69 Å². The van der Waals surface area contributed by atoms with Crippen LogP contribution in [0, 0.1) is 0 Å². The van der Waals surface area contributed by atoms with Crippen molar-refractivity contribution in [3.05, 3.63) is 54.1 Å². The second kappa shape index (κ2) is 8.80. The number of hydrogen-bond acceptors (Lipinski definition) is 4. The molecule has 0 radical (unpaired) electrons. The van der Waals surface area contributed by atoms with Gasteiger partial charge in [0.15, 0.2) is 0 Å². The van der Waals surface area contributed by atoms with E-state index in [2.05, 4.69) is 5.32 Å². The highest BCUT2D eigenvalue weighted by molar-refractivity contribution is 6.05. The number of benzene rings is 2. The van der Waals surface area contributed by atoms with Gasteiger partial charge in [0.1, 0.15) is 18.1 Å². The van der Waals surface area contributed by atoms with Gasteiger partial charge in [-0.1, -0.05) is 18.2 Å². The van der Waals surface area contributed by atoms with Gasteiger partial charge in [-0.25, -0.2) is 0 Å². The normalized spacial score (nSPS) is 10.2. The van der Waals surface area contributed by atoms with E-state index in [1.165, 1.54) is 0 Å². The van der Waals surface area contributed by atoms with Crippen molar-refractivity contribution in [3.63, 3.8) is 0 Å². The van der Waals surface area contributed by atoms with Gasteiger partial charge >= 0.3 is 0 Å². The molecule has 5 nitrogen and oxygen atoms in total. The zero-order valence-electron chi connectivity index (χ0n) is 13.4. The van der Waals surface area contributed by atoms with Gasteiger partial charge in [-0.2, -0.15) is 0 Å². The second-order valence-electron chi connectivity index (χ2n) is 4.73. The van der Waals surface area contributed by atoms with Gasteiger partial charge < -0.3 is 19.5 Å². The summed E-state index contributed by atoms with van der Waals surface area (Å²) in [5.74, 6) is 1.03. The third kappa shape index (κ3) is 5.00. The first-order chi connectivity index (χ1) is 11.2. The number of nitrogens with one attached hydrogen (secondary N) is 1. The average Bonchev–Trinajstić information content (AvgIpc) is 2.59. The van der Waals surface area contributed by atoms with E-state index in [-0.39, 0.29) is 5.91 Å². The Balaban J connectivity index is 2.02. The van der Waals surface area contributed by atoms with Crippen LogP contribution >= 0.6 is 0 Å². The van der Waals surface area contributed by atoms with Gasteiger partial charge in [-0.05, 0) is 37.3 Å². The lowest BCUT2D eigenvalue weighted by atomic mass is 10.2. The summed E-state index contributed by atoms with van der Waals surface area (Å²) >= 11 is 0. The summed E-state index contributed by atoms with van der Waals surface area (Å²) in [5.41, 5.74) is 1.15. The molecular formula is C18H21NO4. The van der Waals surface area contributed by atoms with E-state index >= 15 is 0 Å². The Morgan fingerprint density at radius 2 is 1.91 bits per heavy atom. The number of carbonyl (C=O) groups excluding carboxylic acids is 1. The van der Waals surface area contributed by atoms with Crippen molar-refractivity contribution in [3.8, 4) is 11.5 Å². The van der Waals surface area contributed by atoms with Crippen LogP contribution < -0.4 is 14.8 Å². The Kier molecular flexibility index (Phi) is 6.44. The van der Waals surface area contributed by atoms with E-state index in [4.69, 9.17) is 14.2 Å². The molecule has 0 unspecified atom stereocenters. The standard InChI is InChI=1S/C18H21NO4/c1-3-22-11-12-23-15-8-6-7-14(13-15)18(20)19-16-9-4-5-10-17(16)21-2/h4-10,13H,3,11-12H2,1-2H3,(H,19,20). The van der Waals surface area contributed by atoms with Gasteiger partial charge in [0.05, 0.1) is 19.4 Å². The molecule has 0 spiro atoms. The van der Waals surface area contributed by atoms with Crippen LogP contribution in [0.15, 0.2) is 48.5 Å². The van der Waals surface area contributed by atoms with Crippen molar-refractivity contribution in [1.82, 2.24) is 0 Å². The van der Waals surface area contributed by atoms with Crippen LogP contribution in [0.25, 0.3) is 0 Å². The number of ether oxygens (including phenoxy) is 3. The van der Waals surface area contributed by atoms with Crippen LogP contribution in [0.3, 0.4) is 0 Å². The van der Waals surface area contributed by atoms with Gasteiger partial charge in [0.2, 0.25) is 0 Å². The fourth-order valence-corrected chi connectivity index (χ4v) is 2.03. The summed E-state index contributed by atoms with van der Waals surface area (Å²) in [4.78, 5) is 12.4. The number of rotatable bonds is 8. The topological polar surface area (TPSA) is 56.8 Å². The van der Waals surface area contributed by atoms with Crippen LogP contribution in [-0.4, -0.2) is 32.8 Å². The second-order valence-corrected chi connectivity index (χ2v) is 4.73. The lowest BCUT2D eigenvalue weighted by Gasteiger charge is -2.11. The molecule has 0 saturated heterocycles. The summed E-state index contributed by atoms with van der Waals surface area (Å²) in [7, 11) is 1.57. The molecule has 122 valence electrons. The molecule has 0 bridgehead atoms. The molecule has 1 amide bonds. The Hall–Kier alpha value is -2.53. The Morgan fingerprint density at radius 3 is 2.70 bits per heavy atom. The first kappa shape index (κ1) is 16.8. The fourth-order valence-electron chi connectivity index (χ4n) is 2.03.